The monoisotopic (exact) mass is 429 g/mol. The Morgan fingerprint density at radius 2 is 1.61 bits per heavy atom. The Hall–Kier alpha value is -2.25. The Balaban J connectivity index is 1.56. The minimum absolute atomic E-state index is 0.215. The van der Waals surface area contributed by atoms with Gasteiger partial charge in [0.2, 0.25) is 0 Å². The number of carbonyl (C=O) groups excluding carboxylic acids is 2. The summed E-state index contributed by atoms with van der Waals surface area (Å²) in [5.41, 5.74) is 1.51. The van der Waals surface area contributed by atoms with Crippen LogP contribution in [0.1, 0.15) is 32.3 Å². The minimum atomic E-state index is -0.356. The lowest BCUT2D eigenvalue weighted by Gasteiger charge is -2.37. The van der Waals surface area contributed by atoms with Crippen LogP contribution in [-0.4, -0.2) is 79.0 Å². The van der Waals surface area contributed by atoms with Gasteiger partial charge in [0.15, 0.2) is 0 Å². The van der Waals surface area contributed by atoms with E-state index in [2.05, 4.69) is 23.6 Å². The molecule has 2 fully saturated rings. The molecular formula is C24H32FN3O3. The summed E-state index contributed by atoms with van der Waals surface area (Å²) in [5.74, 6) is 0.0605. The van der Waals surface area contributed by atoms with Gasteiger partial charge in [0.25, 0.3) is 11.8 Å². The van der Waals surface area contributed by atoms with Gasteiger partial charge in [0.1, 0.15) is 11.5 Å². The molecule has 2 amide bonds. The zero-order valence-corrected chi connectivity index (χ0v) is 18.5. The number of rotatable bonds is 6. The number of hydrogen-bond acceptors (Lipinski definition) is 5. The van der Waals surface area contributed by atoms with Gasteiger partial charge in [-0.25, -0.2) is 4.39 Å². The van der Waals surface area contributed by atoms with Gasteiger partial charge in [-0.3, -0.25) is 19.4 Å². The molecule has 0 N–H and O–H groups in total. The molecule has 168 valence electrons. The van der Waals surface area contributed by atoms with Crippen molar-refractivity contribution in [3.63, 3.8) is 0 Å². The van der Waals surface area contributed by atoms with Crippen molar-refractivity contribution in [3.8, 4) is 0 Å². The Bertz CT molecular complexity index is 838. The molecule has 6 nitrogen and oxygen atoms in total. The van der Waals surface area contributed by atoms with Gasteiger partial charge >= 0.3 is 0 Å². The Morgan fingerprint density at radius 1 is 0.968 bits per heavy atom. The molecule has 2 saturated heterocycles. The first-order chi connectivity index (χ1) is 14.9. The number of ether oxygens (including phenoxy) is 1. The zero-order chi connectivity index (χ0) is 22.0. The van der Waals surface area contributed by atoms with Gasteiger partial charge in [-0.15, -0.1) is 0 Å². The average molecular weight is 430 g/mol. The van der Waals surface area contributed by atoms with Gasteiger partial charge in [-0.2, -0.15) is 0 Å². The second-order valence-electron chi connectivity index (χ2n) is 9.15. The third-order valence-electron chi connectivity index (χ3n) is 6.42. The Kier molecular flexibility index (Phi) is 6.72. The second kappa shape index (κ2) is 9.49. The topological polar surface area (TPSA) is 53.1 Å². The van der Waals surface area contributed by atoms with Crippen molar-refractivity contribution in [2.75, 3.05) is 52.5 Å². The lowest BCUT2D eigenvalue weighted by atomic mass is 9.91. The quantitative estimate of drug-likeness (QED) is 0.651. The predicted octanol–water partition coefficient (Wildman–Crippen LogP) is 2.61. The molecule has 0 radical (unpaired) electrons. The van der Waals surface area contributed by atoms with Gasteiger partial charge in [0.05, 0.1) is 18.8 Å². The maximum absolute atomic E-state index is 13.5. The maximum Gasteiger partial charge on any atom is 0.277 e. The van der Waals surface area contributed by atoms with Crippen LogP contribution < -0.4 is 0 Å². The highest BCUT2D eigenvalue weighted by atomic mass is 19.1. The van der Waals surface area contributed by atoms with Crippen LogP contribution in [0.3, 0.4) is 0 Å². The molecule has 1 aromatic rings. The number of imide groups is 1. The first-order valence-corrected chi connectivity index (χ1v) is 11.4. The second-order valence-corrected chi connectivity index (χ2v) is 9.15. The highest BCUT2D eigenvalue weighted by Crippen LogP contribution is 2.35. The van der Waals surface area contributed by atoms with E-state index >= 15 is 0 Å². The standard InChI is InChI=1S/C24H32FN3O3/c1-17-14-18(2)16-27(15-17)22-21(19-4-6-20(25)7-5-19)23(29)28(24(22)30)9-3-8-26-10-12-31-13-11-26/h4-7,17-18H,3,8-16H2,1-2H3. The molecule has 0 aliphatic carbocycles. The number of halogens is 1. The SMILES string of the molecule is CC1CC(C)CN(C2=C(c3ccc(F)cc3)C(=O)N(CCCN3CCOCC3)C2=O)C1. The van der Waals surface area contributed by atoms with Crippen molar-refractivity contribution in [1.29, 1.82) is 0 Å². The van der Waals surface area contributed by atoms with Crippen LogP contribution in [-0.2, 0) is 14.3 Å². The molecular weight excluding hydrogens is 397 g/mol. The summed E-state index contributed by atoms with van der Waals surface area (Å²) >= 11 is 0. The third kappa shape index (κ3) is 4.83. The van der Waals surface area contributed by atoms with E-state index in [4.69, 9.17) is 4.74 Å². The van der Waals surface area contributed by atoms with Crippen molar-refractivity contribution >= 4 is 17.4 Å². The molecule has 3 aliphatic heterocycles. The van der Waals surface area contributed by atoms with E-state index in [1.54, 1.807) is 12.1 Å². The molecule has 4 rings (SSSR count). The number of amides is 2. The summed E-state index contributed by atoms with van der Waals surface area (Å²) in [6.07, 6.45) is 1.84. The van der Waals surface area contributed by atoms with Gasteiger partial charge in [-0.1, -0.05) is 26.0 Å². The summed E-state index contributed by atoms with van der Waals surface area (Å²) < 4.78 is 18.9. The van der Waals surface area contributed by atoms with Crippen LogP contribution in [0.5, 0.6) is 0 Å². The zero-order valence-electron chi connectivity index (χ0n) is 18.5. The van der Waals surface area contributed by atoms with Crippen molar-refractivity contribution < 1.29 is 18.7 Å². The average Bonchev–Trinajstić information content (AvgIpc) is 2.99. The largest absolute Gasteiger partial charge is 0.379 e. The molecule has 31 heavy (non-hydrogen) atoms. The van der Waals surface area contributed by atoms with Crippen LogP contribution >= 0.6 is 0 Å². The van der Waals surface area contributed by atoms with Gasteiger partial charge in [0, 0.05) is 39.3 Å². The Labute approximate surface area is 183 Å². The van der Waals surface area contributed by atoms with E-state index in [-0.39, 0.29) is 17.6 Å². The fraction of sp³-hybridized carbons (Fsp3) is 0.583. The van der Waals surface area contributed by atoms with Crippen molar-refractivity contribution in [3.05, 3.63) is 41.3 Å². The third-order valence-corrected chi connectivity index (χ3v) is 6.42. The molecule has 0 bridgehead atoms. The lowest BCUT2D eigenvalue weighted by Crippen LogP contribution is -2.42. The number of morpholine rings is 1. The van der Waals surface area contributed by atoms with Gasteiger partial charge in [-0.05, 0) is 42.4 Å². The van der Waals surface area contributed by atoms with Crippen LogP contribution in [0.15, 0.2) is 30.0 Å². The molecule has 0 spiro atoms. The molecule has 3 heterocycles. The van der Waals surface area contributed by atoms with E-state index in [9.17, 15) is 14.0 Å². The van der Waals surface area contributed by atoms with Crippen molar-refractivity contribution in [2.24, 2.45) is 11.8 Å². The summed E-state index contributed by atoms with van der Waals surface area (Å²) in [4.78, 5) is 32.6. The highest BCUT2D eigenvalue weighted by molar-refractivity contribution is 6.35. The first-order valence-electron chi connectivity index (χ1n) is 11.4. The molecule has 7 heteroatoms. The summed E-state index contributed by atoms with van der Waals surface area (Å²) in [7, 11) is 0. The summed E-state index contributed by atoms with van der Waals surface area (Å²) in [5, 5.41) is 0. The number of likely N-dealkylation sites (tertiary alicyclic amines) is 1. The van der Waals surface area contributed by atoms with E-state index in [1.807, 2.05) is 0 Å². The van der Waals surface area contributed by atoms with E-state index < -0.39 is 0 Å². The number of hydrogen-bond donors (Lipinski definition) is 0. The van der Waals surface area contributed by atoms with E-state index in [0.29, 0.717) is 35.2 Å². The number of nitrogens with zero attached hydrogens (tertiary/aromatic N) is 3. The molecule has 3 aliphatic rings. The van der Waals surface area contributed by atoms with E-state index in [0.717, 1.165) is 58.8 Å². The number of carbonyl (C=O) groups is 2. The smallest absolute Gasteiger partial charge is 0.277 e. The highest BCUT2D eigenvalue weighted by Gasteiger charge is 2.42. The van der Waals surface area contributed by atoms with Crippen LogP contribution in [0, 0.1) is 17.7 Å². The van der Waals surface area contributed by atoms with Crippen LogP contribution in [0.4, 0.5) is 4.39 Å². The molecule has 0 saturated carbocycles. The molecule has 2 atom stereocenters. The summed E-state index contributed by atoms with van der Waals surface area (Å²) in [6.45, 7) is 10.3. The van der Waals surface area contributed by atoms with Crippen molar-refractivity contribution in [2.45, 2.75) is 26.7 Å². The maximum atomic E-state index is 13.5. The molecule has 0 aromatic heterocycles. The first kappa shape index (κ1) is 22.0. The lowest BCUT2D eigenvalue weighted by molar-refractivity contribution is -0.137. The fourth-order valence-corrected chi connectivity index (χ4v) is 5.06. The summed E-state index contributed by atoms with van der Waals surface area (Å²) in [6, 6.07) is 5.90. The predicted molar refractivity (Wildman–Crippen MR) is 116 cm³/mol. The van der Waals surface area contributed by atoms with E-state index in [1.165, 1.54) is 17.0 Å². The minimum Gasteiger partial charge on any atom is -0.379 e. The normalized spacial score (nSPS) is 25.6. The van der Waals surface area contributed by atoms with Crippen LogP contribution in [0.2, 0.25) is 0 Å². The number of benzene rings is 1. The fourth-order valence-electron chi connectivity index (χ4n) is 5.06. The van der Waals surface area contributed by atoms with Crippen LogP contribution in [0.25, 0.3) is 5.57 Å². The molecule has 1 aromatic carbocycles. The Morgan fingerprint density at radius 3 is 2.26 bits per heavy atom. The molecule has 2 unspecified atom stereocenters. The van der Waals surface area contributed by atoms with Crippen molar-refractivity contribution in [1.82, 2.24) is 14.7 Å². The van der Waals surface area contributed by atoms with Gasteiger partial charge < -0.3 is 9.64 Å². The number of piperidine rings is 1.